The standard InChI is InChI=1S/C15H10O5/c16-8-10-3-1-2-4-11(10)12-6-5-9(14(17)18)7-13(12)15(19)20/h1-8H,(H,17,18)(H,19,20). The molecule has 0 heterocycles. The zero-order valence-electron chi connectivity index (χ0n) is 10.2. The summed E-state index contributed by atoms with van der Waals surface area (Å²) in [5, 5.41) is 18.1. The minimum Gasteiger partial charge on any atom is -0.478 e. The lowest BCUT2D eigenvalue weighted by atomic mass is 9.94. The molecule has 5 heteroatoms. The molecule has 0 fully saturated rings. The Bertz CT molecular complexity index is 703. The van der Waals surface area contributed by atoms with Crippen molar-refractivity contribution in [3.8, 4) is 11.1 Å². The van der Waals surface area contributed by atoms with Gasteiger partial charge in [-0.25, -0.2) is 9.59 Å². The van der Waals surface area contributed by atoms with Gasteiger partial charge in [-0.15, -0.1) is 0 Å². The van der Waals surface area contributed by atoms with Crippen LogP contribution in [0.5, 0.6) is 0 Å². The van der Waals surface area contributed by atoms with Crippen LogP contribution in [0.15, 0.2) is 42.5 Å². The highest BCUT2D eigenvalue weighted by Crippen LogP contribution is 2.27. The van der Waals surface area contributed by atoms with E-state index in [9.17, 15) is 19.5 Å². The molecule has 0 saturated heterocycles. The van der Waals surface area contributed by atoms with Crippen LogP contribution in [0.4, 0.5) is 0 Å². The average molecular weight is 270 g/mol. The first-order chi connectivity index (χ1) is 9.54. The van der Waals surface area contributed by atoms with E-state index in [1.165, 1.54) is 12.1 Å². The van der Waals surface area contributed by atoms with E-state index in [1.807, 2.05) is 0 Å². The fourth-order valence-corrected chi connectivity index (χ4v) is 1.93. The predicted molar refractivity (Wildman–Crippen MR) is 71.2 cm³/mol. The zero-order chi connectivity index (χ0) is 14.7. The number of carboxylic acids is 2. The molecule has 0 amide bonds. The molecule has 2 aromatic rings. The van der Waals surface area contributed by atoms with Crippen molar-refractivity contribution in [1.82, 2.24) is 0 Å². The number of hydrogen-bond acceptors (Lipinski definition) is 3. The van der Waals surface area contributed by atoms with Crippen molar-refractivity contribution in [3.05, 3.63) is 59.2 Å². The molecule has 0 saturated carbocycles. The number of rotatable bonds is 4. The summed E-state index contributed by atoms with van der Waals surface area (Å²) in [6, 6.07) is 10.3. The van der Waals surface area contributed by atoms with E-state index in [4.69, 9.17) is 5.11 Å². The van der Waals surface area contributed by atoms with Crippen LogP contribution in [0.2, 0.25) is 0 Å². The van der Waals surface area contributed by atoms with Gasteiger partial charge in [0.1, 0.15) is 0 Å². The lowest BCUT2D eigenvalue weighted by Crippen LogP contribution is -2.05. The van der Waals surface area contributed by atoms with Crippen molar-refractivity contribution in [2.75, 3.05) is 0 Å². The lowest BCUT2D eigenvalue weighted by molar-refractivity contribution is 0.0696. The van der Waals surface area contributed by atoms with Crippen LogP contribution in [0, 0.1) is 0 Å². The smallest absolute Gasteiger partial charge is 0.336 e. The molecule has 2 aromatic carbocycles. The maximum Gasteiger partial charge on any atom is 0.336 e. The third-order valence-electron chi connectivity index (χ3n) is 2.87. The average Bonchev–Trinajstić information content (AvgIpc) is 2.46. The SMILES string of the molecule is O=Cc1ccccc1-c1ccc(C(=O)O)cc1C(=O)O. The van der Waals surface area contributed by atoms with Gasteiger partial charge < -0.3 is 10.2 Å². The van der Waals surface area contributed by atoms with Gasteiger partial charge >= 0.3 is 11.9 Å². The molecule has 0 spiro atoms. The minimum atomic E-state index is -1.25. The van der Waals surface area contributed by atoms with E-state index >= 15 is 0 Å². The van der Waals surface area contributed by atoms with Crippen LogP contribution in [-0.2, 0) is 0 Å². The number of benzene rings is 2. The summed E-state index contributed by atoms with van der Waals surface area (Å²) >= 11 is 0. The second-order valence-electron chi connectivity index (χ2n) is 4.08. The molecular weight excluding hydrogens is 260 g/mol. The number of aromatic carboxylic acids is 2. The summed E-state index contributed by atoms with van der Waals surface area (Å²) in [5.74, 6) is -2.45. The molecule has 5 nitrogen and oxygen atoms in total. The third kappa shape index (κ3) is 2.42. The first-order valence-corrected chi connectivity index (χ1v) is 5.70. The van der Waals surface area contributed by atoms with E-state index in [2.05, 4.69) is 0 Å². The van der Waals surface area contributed by atoms with Crippen LogP contribution in [0.25, 0.3) is 11.1 Å². The van der Waals surface area contributed by atoms with Gasteiger partial charge in [-0.1, -0.05) is 30.3 Å². The summed E-state index contributed by atoms with van der Waals surface area (Å²) in [7, 11) is 0. The highest BCUT2D eigenvalue weighted by atomic mass is 16.4. The van der Waals surface area contributed by atoms with Gasteiger partial charge in [0.15, 0.2) is 6.29 Å². The highest BCUT2D eigenvalue weighted by molar-refractivity contribution is 6.01. The van der Waals surface area contributed by atoms with E-state index < -0.39 is 11.9 Å². The summed E-state index contributed by atoms with van der Waals surface area (Å²) in [4.78, 5) is 33.2. The van der Waals surface area contributed by atoms with E-state index in [0.717, 1.165) is 6.07 Å². The molecule has 0 bridgehead atoms. The van der Waals surface area contributed by atoms with E-state index in [0.29, 0.717) is 23.0 Å². The van der Waals surface area contributed by atoms with Crippen molar-refractivity contribution in [1.29, 1.82) is 0 Å². The number of carbonyl (C=O) groups excluding carboxylic acids is 1. The maximum atomic E-state index is 11.3. The van der Waals surface area contributed by atoms with Crippen molar-refractivity contribution in [3.63, 3.8) is 0 Å². The fraction of sp³-hybridized carbons (Fsp3) is 0. The first kappa shape index (κ1) is 13.5. The Hall–Kier alpha value is -2.95. The molecule has 2 N–H and O–H groups in total. The highest BCUT2D eigenvalue weighted by Gasteiger charge is 2.16. The monoisotopic (exact) mass is 270 g/mol. The Balaban J connectivity index is 2.70. The molecule has 20 heavy (non-hydrogen) atoms. The summed E-state index contributed by atoms with van der Waals surface area (Å²) < 4.78 is 0. The number of aldehydes is 1. The van der Waals surface area contributed by atoms with Crippen LogP contribution in [-0.4, -0.2) is 28.4 Å². The van der Waals surface area contributed by atoms with E-state index in [-0.39, 0.29) is 11.1 Å². The molecule has 0 aromatic heterocycles. The molecule has 0 radical (unpaired) electrons. The predicted octanol–water partition coefficient (Wildman–Crippen LogP) is 2.56. The molecule has 0 aliphatic carbocycles. The molecule has 0 unspecified atom stereocenters. The lowest BCUT2D eigenvalue weighted by Gasteiger charge is -2.09. The van der Waals surface area contributed by atoms with Crippen molar-refractivity contribution >= 4 is 18.2 Å². The second kappa shape index (κ2) is 5.36. The van der Waals surface area contributed by atoms with Crippen molar-refractivity contribution in [2.45, 2.75) is 0 Å². The van der Waals surface area contributed by atoms with Gasteiger partial charge in [-0.2, -0.15) is 0 Å². The number of carboxylic acid groups (broad SMARTS) is 2. The van der Waals surface area contributed by atoms with Crippen LogP contribution >= 0.6 is 0 Å². The minimum absolute atomic E-state index is 0.116. The Labute approximate surface area is 114 Å². The topological polar surface area (TPSA) is 91.7 Å². The Morgan fingerprint density at radius 1 is 0.900 bits per heavy atom. The van der Waals surface area contributed by atoms with Crippen LogP contribution < -0.4 is 0 Å². The fourth-order valence-electron chi connectivity index (χ4n) is 1.93. The summed E-state index contributed by atoms with van der Waals surface area (Å²) in [6.45, 7) is 0. The van der Waals surface area contributed by atoms with Gasteiger partial charge in [0.25, 0.3) is 0 Å². The van der Waals surface area contributed by atoms with Gasteiger partial charge in [-0.05, 0) is 23.3 Å². The molecule has 100 valence electrons. The molecule has 0 aliphatic rings. The van der Waals surface area contributed by atoms with Gasteiger partial charge in [0, 0.05) is 5.56 Å². The summed E-state index contributed by atoms with van der Waals surface area (Å²) in [6.07, 6.45) is 0.631. The normalized spacial score (nSPS) is 10.0. The van der Waals surface area contributed by atoms with Crippen LogP contribution in [0.1, 0.15) is 31.1 Å². The van der Waals surface area contributed by atoms with Gasteiger partial charge in [0.2, 0.25) is 0 Å². The van der Waals surface area contributed by atoms with Gasteiger partial charge in [0.05, 0.1) is 11.1 Å². The number of hydrogen-bond donors (Lipinski definition) is 2. The van der Waals surface area contributed by atoms with Crippen LogP contribution in [0.3, 0.4) is 0 Å². The molecular formula is C15H10O5. The third-order valence-corrected chi connectivity index (χ3v) is 2.87. The Kier molecular flexibility index (Phi) is 3.61. The summed E-state index contributed by atoms with van der Waals surface area (Å²) in [5.41, 5.74) is 0.842. The zero-order valence-corrected chi connectivity index (χ0v) is 10.2. The first-order valence-electron chi connectivity index (χ1n) is 5.70. The quantitative estimate of drug-likeness (QED) is 0.833. The molecule has 0 atom stereocenters. The second-order valence-corrected chi connectivity index (χ2v) is 4.08. The molecule has 0 aliphatic heterocycles. The number of carbonyl (C=O) groups is 3. The Morgan fingerprint density at radius 2 is 1.60 bits per heavy atom. The van der Waals surface area contributed by atoms with E-state index in [1.54, 1.807) is 24.3 Å². The maximum absolute atomic E-state index is 11.3. The van der Waals surface area contributed by atoms with Crippen molar-refractivity contribution in [2.24, 2.45) is 0 Å². The largest absolute Gasteiger partial charge is 0.478 e. The van der Waals surface area contributed by atoms with Gasteiger partial charge in [-0.3, -0.25) is 4.79 Å². The Morgan fingerprint density at radius 3 is 2.20 bits per heavy atom. The van der Waals surface area contributed by atoms with Crippen molar-refractivity contribution < 1.29 is 24.6 Å². The molecule has 2 rings (SSSR count).